The third-order valence-corrected chi connectivity index (χ3v) is 2.74. The summed E-state index contributed by atoms with van der Waals surface area (Å²) in [6.07, 6.45) is 0.859. The molecule has 1 aromatic rings. The molecule has 1 unspecified atom stereocenters. The number of ketones is 1. The van der Waals surface area contributed by atoms with E-state index in [1.807, 2.05) is 19.1 Å². The number of carbonyl (C=O) groups excluding carboxylic acids is 1. The first-order valence-electron chi connectivity index (χ1n) is 3.95. The molecule has 1 aromatic heterocycles. The van der Waals surface area contributed by atoms with Crippen molar-refractivity contribution in [3.63, 3.8) is 0 Å². The second kappa shape index (κ2) is 3.83. The van der Waals surface area contributed by atoms with Gasteiger partial charge in [-0.15, -0.1) is 11.3 Å². The molecule has 0 amide bonds. The van der Waals surface area contributed by atoms with E-state index in [2.05, 4.69) is 0 Å². The van der Waals surface area contributed by atoms with E-state index in [-0.39, 0.29) is 11.8 Å². The average molecular weight is 183 g/mol. The van der Waals surface area contributed by atoms with Crippen molar-refractivity contribution in [3.8, 4) is 0 Å². The number of hydrogen-bond donors (Lipinski definition) is 1. The van der Waals surface area contributed by atoms with Gasteiger partial charge in [-0.1, -0.05) is 0 Å². The van der Waals surface area contributed by atoms with E-state index < -0.39 is 0 Å². The van der Waals surface area contributed by atoms with Crippen molar-refractivity contribution >= 4 is 17.1 Å². The van der Waals surface area contributed by atoms with E-state index in [0.717, 1.165) is 11.3 Å². The highest BCUT2D eigenvalue weighted by molar-refractivity contribution is 7.14. The lowest BCUT2D eigenvalue weighted by Crippen LogP contribution is -2.16. The fourth-order valence-electron chi connectivity index (χ4n) is 0.994. The zero-order valence-corrected chi connectivity index (χ0v) is 8.15. The van der Waals surface area contributed by atoms with Crippen LogP contribution < -0.4 is 5.73 Å². The molecule has 0 aliphatic rings. The van der Waals surface area contributed by atoms with E-state index in [1.165, 1.54) is 16.2 Å². The van der Waals surface area contributed by atoms with Gasteiger partial charge in [-0.3, -0.25) is 4.79 Å². The van der Waals surface area contributed by atoms with Gasteiger partial charge in [0.2, 0.25) is 0 Å². The van der Waals surface area contributed by atoms with Gasteiger partial charge in [0.25, 0.3) is 0 Å². The molecule has 0 bridgehead atoms. The van der Waals surface area contributed by atoms with Gasteiger partial charge in [-0.05, 0) is 32.4 Å². The first-order valence-corrected chi connectivity index (χ1v) is 4.76. The van der Waals surface area contributed by atoms with Gasteiger partial charge >= 0.3 is 0 Å². The zero-order chi connectivity index (χ0) is 9.14. The Bertz CT molecular complexity index is 278. The highest BCUT2D eigenvalue weighted by atomic mass is 32.1. The maximum atomic E-state index is 10.9. The van der Waals surface area contributed by atoms with Crippen LogP contribution in [0, 0.1) is 0 Å². The number of carbonyl (C=O) groups is 1. The lowest BCUT2D eigenvalue weighted by atomic mass is 10.2. The van der Waals surface area contributed by atoms with Crippen molar-refractivity contribution in [1.29, 1.82) is 0 Å². The second-order valence-electron chi connectivity index (χ2n) is 3.00. The molecule has 0 aliphatic carbocycles. The van der Waals surface area contributed by atoms with Crippen LogP contribution in [-0.4, -0.2) is 11.8 Å². The molecule has 3 heteroatoms. The molecule has 0 radical (unpaired) electrons. The topological polar surface area (TPSA) is 43.1 Å². The fourth-order valence-corrected chi connectivity index (χ4v) is 2.04. The minimum Gasteiger partial charge on any atom is -0.328 e. The van der Waals surface area contributed by atoms with Gasteiger partial charge in [0, 0.05) is 10.9 Å². The average Bonchev–Trinajstić information content (AvgIpc) is 2.34. The molecular formula is C9H13NOS. The summed E-state index contributed by atoms with van der Waals surface area (Å²) in [6, 6.07) is 4.01. The summed E-state index contributed by atoms with van der Waals surface area (Å²) in [5.74, 6) is 0.135. The molecule has 0 fully saturated rings. The van der Waals surface area contributed by atoms with Gasteiger partial charge < -0.3 is 5.73 Å². The number of rotatable bonds is 3. The van der Waals surface area contributed by atoms with Gasteiger partial charge in [0.05, 0.1) is 4.88 Å². The number of nitrogens with two attached hydrogens (primary N) is 1. The minimum absolute atomic E-state index is 0.135. The third kappa shape index (κ3) is 2.43. The molecular weight excluding hydrogens is 170 g/mol. The first-order chi connectivity index (χ1) is 5.59. The number of Topliss-reactive ketones (excluding diaryl/α,β-unsaturated/α-hetero) is 1. The lowest BCUT2D eigenvalue weighted by Gasteiger charge is -1.99. The van der Waals surface area contributed by atoms with Gasteiger partial charge in [0.1, 0.15) is 0 Å². The Labute approximate surface area is 76.4 Å². The summed E-state index contributed by atoms with van der Waals surface area (Å²) in [6.45, 7) is 3.55. The molecule has 1 heterocycles. The van der Waals surface area contributed by atoms with Crippen LogP contribution in [0.1, 0.15) is 28.4 Å². The summed E-state index contributed by atoms with van der Waals surface area (Å²) in [7, 11) is 0. The van der Waals surface area contributed by atoms with Crippen LogP contribution in [0.4, 0.5) is 0 Å². The minimum atomic E-state index is 0.135. The molecule has 0 aromatic carbocycles. The monoisotopic (exact) mass is 183 g/mol. The Hall–Kier alpha value is -0.670. The van der Waals surface area contributed by atoms with Crippen LogP contribution in [0.15, 0.2) is 12.1 Å². The van der Waals surface area contributed by atoms with Crippen LogP contribution >= 0.6 is 11.3 Å². The molecule has 1 atom stereocenters. The van der Waals surface area contributed by atoms with E-state index in [0.29, 0.717) is 0 Å². The number of hydrogen-bond acceptors (Lipinski definition) is 3. The molecule has 0 saturated carbocycles. The molecule has 12 heavy (non-hydrogen) atoms. The van der Waals surface area contributed by atoms with Gasteiger partial charge in [-0.2, -0.15) is 0 Å². The van der Waals surface area contributed by atoms with Crippen molar-refractivity contribution in [2.45, 2.75) is 26.3 Å². The first kappa shape index (κ1) is 9.42. The Balaban J connectivity index is 2.71. The Morgan fingerprint density at radius 2 is 2.33 bits per heavy atom. The van der Waals surface area contributed by atoms with Crippen LogP contribution in [-0.2, 0) is 6.42 Å². The Morgan fingerprint density at radius 3 is 2.75 bits per heavy atom. The maximum Gasteiger partial charge on any atom is 0.169 e. The third-order valence-electron chi connectivity index (χ3n) is 1.53. The quantitative estimate of drug-likeness (QED) is 0.727. The summed E-state index contributed by atoms with van der Waals surface area (Å²) < 4.78 is 0. The van der Waals surface area contributed by atoms with E-state index in [9.17, 15) is 4.79 Å². The smallest absolute Gasteiger partial charge is 0.169 e. The highest BCUT2D eigenvalue weighted by Gasteiger charge is 2.05. The molecule has 0 spiro atoms. The fraction of sp³-hybridized carbons (Fsp3) is 0.444. The lowest BCUT2D eigenvalue weighted by molar-refractivity contribution is 0.102. The zero-order valence-electron chi connectivity index (χ0n) is 7.33. The molecule has 2 nitrogen and oxygen atoms in total. The maximum absolute atomic E-state index is 10.9. The van der Waals surface area contributed by atoms with E-state index in [4.69, 9.17) is 5.73 Å². The largest absolute Gasteiger partial charge is 0.328 e. The second-order valence-corrected chi connectivity index (χ2v) is 4.17. The molecule has 66 valence electrons. The summed E-state index contributed by atoms with van der Waals surface area (Å²) in [4.78, 5) is 12.9. The van der Waals surface area contributed by atoms with Gasteiger partial charge in [-0.25, -0.2) is 0 Å². The molecule has 1 rings (SSSR count). The molecule has 0 aliphatic heterocycles. The van der Waals surface area contributed by atoms with E-state index in [1.54, 1.807) is 6.92 Å². The summed E-state index contributed by atoms with van der Waals surface area (Å²) in [5, 5.41) is 0. The van der Waals surface area contributed by atoms with Crippen LogP contribution in [0.5, 0.6) is 0 Å². The standard InChI is InChI=1S/C9H13NOS/c1-6(10)5-8-3-4-9(12-8)7(2)11/h3-4,6H,5,10H2,1-2H3. The van der Waals surface area contributed by atoms with Crippen molar-refractivity contribution in [2.75, 3.05) is 0 Å². The van der Waals surface area contributed by atoms with E-state index >= 15 is 0 Å². The highest BCUT2D eigenvalue weighted by Crippen LogP contribution is 2.17. The van der Waals surface area contributed by atoms with Gasteiger partial charge in [0.15, 0.2) is 5.78 Å². The Kier molecular flexibility index (Phi) is 3.00. The number of thiophene rings is 1. The normalized spacial score (nSPS) is 12.9. The molecule has 0 saturated heterocycles. The Morgan fingerprint density at radius 1 is 1.67 bits per heavy atom. The SMILES string of the molecule is CC(=O)c1ccc(CC(C)N)s1. The van der Waals surface area contributed by atoms with Crippen molar-refractivity contribution in [1.82, 2.24) is 0 Å². The summed E-state index contributed by atoms with van der Waals surface area (Å²) in [5.41, 5.74) is 5.63. The summed E-state index contributed by atoms with van der Waals surface area (Å²) >= 11 is 1.54. The van der Waals surface area contributed by atoms with Crippen molar-refractivity contribution < 1.29 is 4.79 Å². The van der Waals surface area contributed by atoms with Crippen molar-refractivity contribution in [2.24, 2.45) is 5.73 Å². The van der Waals surface area contributed by atoms with Crippen molar-refractivity contribution in [3.05, 3.63) is 21.9 Å². The van der Waals surface area contributed by atoms with Crippen LogP contribution in [0.2, 0.25) is 0 Å². The van der Waals surface area contributed by atoms with Crippen LogP contribution in [0.3, 0.4) is 0 Å². The predicted molar refractivity (Wildman–Crippen MR) is 51.7 cm³/mol. The predicted octanol–water partition coefficient (Wildman–Crippen LogP) is 1.84. The van der Waals surface area contributed by atoms with Crippen LogP contribution in [0.25, 0.3) is 0 Å². The molecule has 2 N–H and O–H groups in total.